The van der Waals surface area contributed by atoms with Crippen molar-refractivity contribution in [3.8, 4) is 0 Å². The van der Waals surface area contributed by atoms with Gasteiger partial charge in [-0.1, -0.05) is 19.9 Å². The van der Waals surface area contributed by atoms with Crippen molar-refractivity contribution < 1.29 is 14.7 Å². The molecule has 0 fully saturated rings. The molecule has 0 aromatic carbocycles. The van der Waals surface area contributed by atoms with E-state index in [4.69, 9.17) is 5.11 Å². The minimum atomic E-state index is -1.14. The van der Waals surface area contributed by atoms with Crippen molar-refractivity contribution >= 4 is 11.9 Å². The lowest BCUT2D eigenvalue weighted by molar-refractivity contribution is 0.0690. The summed E-state index contributed by atoms with van der Waals surface area (Å²) in [6.07, 6.45) is 0. The minimum absolute atomic E-state index is 0.126. The van der Waals surface area contributed by atoms with E-state index in [9.17, 15) is 9.59 Å². The van der Waals surface area contributed by atoms with Crippen LogP contribution in [0.2, 0.25) is 0 Å². The molecule has 5 heteroatoms. The second-order valence-corrected chi connectivity index (χ2v) is 3.82. The fourth-order valence-corrected chi connectivity index (χ4v) is 1.07. The molecule has 5 nitrogen and oxygen atoms in total. The highest BCUT2D eigenvalue weighted by Crippen LogP contribution is 2.00. The van der Waals surface area contributed by atoms with E-state index < -0.39 is 5.97 Å². The lowest BCUT2D eigenvalue weighted by Crippen LogP contribution is -2.28. The molecule has 0 aliphatic rings. The van der Waals surface area contributed by atoms with Crippen molar-refractivity contribution in [2.45, 2.75) is 13.8 Å². The molecular weight excluding hydrogens is 208 g/mol. The molecular formula is C11H14N2O3. The number of nitrogens with zero attached hydrogens (tertiary/aromatic N) is 1. The Kier molecular flexibility index (Phi) is 3.99. The maximum absolute atomic E-state index is 11.6. The van der Waals surface area contributed by atoms with Gasteiger partial charge in [0.2, 0.25) is 0 Å². The zero-order valence-corrected chi connectivity index (χ0v) is 9.23. The quantitative estimate of drug-likeness (QED) is 0.801. The standard InChI is InChI=1S/C11H14N2O3/c1-7(2)6-12-10(14)8-4-3-5-9(13-8)11(15)16/h3-5,7H,6H2,1-2H3,(H,12,14)(H,15,16). The van der Waals surface area contributed by atoms with Gasteiger partial charge in [-0.25, -0.2) is 9.78 Å². The highest BCUT2D eigenvalue weighted by molar-refractivity contribution is 5.94. The number of pyridine rings is 1. The third-order valence-electron chi connectivity index (χ3n) is 1.87. The van der Waals surface area contributed by atoms with Crippen LogP contribution < -0.4 is 5.32 Å². The average molecular weight is 222 g/mol. The Morgan fingerprint density at radius 3 is 2.56 bits per heavy atom. The number of aromatic carboxylic acids is 1. The SMILES string of the molecule is CC(C)CNC(=O)c1cccc(C(=O)O)n1. The third kappa shape index (κ3) is 3.34. The van der Waals surface area contributed by atoms with Crippen LogP contribution in [0.1, 0.15) is 34.8 Å². The average Bonchev–Trinajstić information content (AvgIpc) is 2.26. The second-order valence-electron chi connectivity index (χ2n) is 3.82. The Bertz CT molecular complexity index is 402. The van der Waals surface area contributed by atoms with Gasteiger partial charge >= 0.3 is 5.97 Å². The Morgan fingerprint density at radius 2 is 2.00 bits per heavy atom. The molecule has 0 saturated heterocycles. The van der Waals surface area contributed by atoms with Crippen LogP contribution in [-0.4, -0.2) is 28.5 Å². The first-order valence-electron chi connectivity index (χ1n) is 4.99. The molecule has 0 spiro atoms. The number of carbonyl (C=O) groups is 2. The van der Waals surface area contributed by atoms with Crippen LogP contribution in [0, 0.1) is 5.92 Å². The molecule has 1 amide bonds. The number of amides is 1. The Morgan fingerprint density at radius 1 is 1.38 bits per heavy atom. The summed E-state index contributed by atoms with van der Waals surface area (Å²) in [6, 6.07) is 4.34. The molecule has 1 rings (SSSR count). The number of hydrogen-bond acceptors (Lipinski definition) is 3. The summed E-state index contributed by atoms with van der Waals surface area (Å²) in [5.41, 5.74) is -0.00209. The maximum Gasteiger partial charge on any atom is 0.354 e. The highest BCUT2D eigenvalue weighted by atomic mass is 16.4. The number of nitrogens with one attached hydrogen (secondary N) is 1. The summed E-state index contributed by atoms with van der Waals surface area (Å²) >= 11 is 0. The van der Waals surface area contributed by atoms with E-state index in [-0.39, 0.29) is 17.3 Å². The van der Waals surface area contributed by atoms with Crippen LogP contribution in [0.25, 0.3) is 0 Å². The van der Waals surface area contributed by atoms with Gasteiger partial charge in [0.05, 0.1) is 0 Å². The van der Waals surface area contributed by atoms with Crippen LogP contribution in [0.4, 0.5) is 0 Å². The first kappa shape index (κ1) is 12.2. The predicted molar refractivity (Wildman–Crippen MR) is 58.4 cm³/mol. The van der Waals surface area contributed by atoms with E-state index >= 15 is 0 Å². The molecule has 0 radical (unpaired) electrons. The van der Waals surface area contributed by atoms with E-state index in [1.54, 1.807) is 0 Å². The van der Waals surface area contributed by atoms with Crippen molar-refractivity contribution in [1.82, 2.24) is 10.3 Å². The first-order chi connectivity index (χ1) is 7.50. The number of rotatable bonds is 4. The number of carbonyl (C=O) groups excluding carboxylic acids is 1. The van der Waals surface area contributed by atoms with Crippen LogP contribution in [0.15, 0.2) is 18.2 Å². The van der Waals surface area contributed by atoms with Crippen LogP contribution in [-0.2, 0) is 0 Å². The summed E-state index contributed by atoms with van der Waals surface area (Å²) in [4.78, 5) is 25.9. The van der Waals surface area contributed by atoms with E-state index in [1.165, 1.54) is 18.2 Å². The number of carboxylic acid groups (broad SMARTS) is 1. The van der Waals surface area contributed by atoms with Gasteiger partial charge < -0.3 is 10.4 Å². The monoisotopic (exact) mass is 222 g/mol. The molecule has 1 heterocycles. The number of carboxylic acids is 1. The fourth-order valence-electron chi connectivity index (χ4n) is 1.07. The van der Waals surface area contributed by atoms with E-state index in [0.717, 1.165) is 0 Å². The fraction of sp³-hybridized carbons (Fsp3) is 0.364. The molecule has 86 valence electrons. The van der Waals surface area contributed by atoms with Crippen molar-refractivity contribution in [2.75, 3.05) is 6.54 Å². The summed E-state index contributed by atoms with van der Waals surface area (Å²) in [5, 5.41) is 11.4. The smallest absolute Gasteiger partial charge is 0.354 e. The van der Waals surface area contributed by atoms with Gasteiger partial charge in [-0.2, -0.15) is 0 Å². The normalized spacial score (nSPS) is 10.2. The summed E-state index contributed by atoms with van der Waals surface area (Å²) in [6.45, 7) is 4.49. The zero-order valence-electron chi connectivity index (χ0n) is 9.23. The molecule has 1 aromatic heterocycles. The van der Waals surface area contributed by atoms with Crippen molar-refractivity contribution in [2.24, 2.45) is 5.92 Å². The van der Waals surface area contributed by atoms with E-state index in [0.29, 0.717) is 12.5 Å². The Labute approximate surface area is 93.5 Å². The zero-order chi connectivity index (χ0) is 12.1. The van der Waals surface area contributed by atoms with Gasteiger partial charge in [0.15, 0.2) is 0 Å². The first-order valence-corrected chi connectivity index (χ1v) is 4.99. The van der Waals surface area contributed by atoms with Gasteiger partial charge in [0.1, 0.15) is 11.4 Å². The van der Waals surface area contributed by atoms with Gasteiger partial charge in [-0.15, -0.1) is 0 Å². The van der Waals surface area contributed by atoms with Crippen molar-refractivity contribution in [1.29, 1.82) is 0 Å². The third-order valence-corrected chi connectivity index (χ3v) is 1.87. The van der Waals surface area contributed by atoms with Gasteiger partial charge in [-0.3, -0.25) is 4.79 Å². The molecule has 16 heavy (non-hydrogen) atoms. The number of hydrogen-bond donors (Lipinski definition) is 2. The molecule has 0 atom stereocenters. The summed E-state index contributed by atoms with van der Waals surface area (Å²) in [7, 11) is 0. The van der Waals surface area contributed by atoms with Gasteiger partial charge in [0.25, 0.3) is 5.91 Å². The molecule has 0 unspecified atom stereocenters. The van der Waals surface area contributed by atoms with Crippen LogP contribution in [0.5, 0.6) is 0 Å². The molecule has 0 aliphatic heterocycles. The molecule has 2 N–H and O–H groups in total. The molecule has 0 aliphatic carbocycles. The highest BCUT2D eigenvalue weighted by Gasteiger charge is 2.10. The van der Waals surface area contributed by atoms with Gasteiger partial charge in [-0.05, 0) is 18.1 Å². The lowest BCUT2D eigenvalue weighted by atomic mass is 10.2. The Balaban J connectivity index is 2.76. The van der Waals surface area contributed by atoms with E-state index in [1.807, 2.05) is 13.8 Å². The lowest BCUT2D eigenvalue weighted by Gasteiger charge is -2.07. The maximum atomic E-state index is 11.6. The second kappa shape index (κ2) is 5.25. The molecule has 1 aromatic rings. The topological polar surface area (TPSA) is 79.3 Å². The van der Waals surface area contributed by atoms with Crippen LogP contribution in [0.3, 0.4) is 0 Å². The van der Waals surface area contributed by atoms with Crippen molar-refractivity contribution in [3.63, 3.8) is 0 Å². The molecule has 0 bridgehead atoms. The van der Waals surface area contributed by atoms with Crippen LogP contribution >= 0.6 is 0 Å². The minimum Gasteiger partial charge on any atom is -0.477 e. The van der Waals surface area contributed by atoms with Gasteiger partial charge in [0, 0.05) is 6.54 Å². The largest absolute Gasteiger partial charge is 0.477 e. The molecule has 0 saturated carbocycles. The predicted octanol–water partition coefficient (Wildman–Crippen LogP) is 1.17. The summed E-state index contributed by atoms with van der Waals surface area (Å²) in [5.74, 6) is -1.15. The number of aromatic nitrogens is 1. The van der Waals surface area contributed by atoms with E-state index in [2.05, 4.69) is 10.3 Å². The Hall–Kier alpha value is -1.91. The summed E-state index contributed by atoms with van der Waals surface area (Å²) < 4.78 is 0. The van der Waals surface area contributed by atoms with Crippen molar-refractivity contribution in [3.05, 3.63) is 29.6 Å².